The molecule has 0 fully saturated rings. The van der Waals surface area contributed by atoms with Crippen molar-refractivity contribution in [3.05, 3.63) is 93.7 Å². The first-order chi connectivity index (χ1) is 14.5. The van der Waals surface area contributed by atoms with Gasteiger partial charge < -0.3 is 20.4 Å². The van der Waals surface area contributed by atoms with Crippen LogP contribution < -0.4 is 0 Å². The molecule has 5 nitrogen and oxygen atoms in total. The molecule has 0 aliphatic heterocycles. The first-order valence-electron chi connectivity index (χ1n) is 9.11. The Morgan fingerprint density at radius 2 is 1.00 bits per heavy atom. The van der Waals surface area contributed by atoms with Gasteiger partial charge in [-0.05, 0) is 23.3 Å². The van der Waals surface area contributed by atoms with Gasteiger partial charge in [0.05, 0.1) is 9.75 Å². The molecule has 4 aromatic rings. The van der Waals surface area contributed by atoms with Crippen molar-refractivity contribution in [2.24, 2.45) is 0 Å². The van der Waals surface area contributed by atoms with Crippen LogP contribution in [0.15, 0.2) is 72.8 Å². The van der Waals surface area contributed by atoms with Crippen LogP contribution in [0.4, 0.5) is 0 Å². The highest BCUT2D eigenvalue weighted by molar-refractivity contribution is 7.21. The maximum Gasteiger partial charge on any atom is 0.213 e. The van der Waals surface area contributed by atoms with Crippen LogP contribution in [0, 0.1) is 0 Å². The van der Waals surface area contributed by atoms with Crippen LogP contribution >= 0.6 is 22.7 Å². The normalized spacial score (nSPS) is 11.4. The summed E-state index contributed by atoms with van der Waals surface area (Å²) in [6.07, 6.45) is -3.65. The molecule has 0 atom stereocenters. The van der Waals surface area contributed by atoms with Crippen LogP contribution in [0.1, 0.15) is 38.3 Å². The van der Waals surface area contributed by atoms with E-state index in [1.807, 2.05) is 60.7 Å². The molecule has 7 heteroatoms. The van der Waals surface area contributed by atoms with Gasteiger partial charge in [-0.3, -0.25) is 4.79 Å². The van der Waals surface area contributed by atoms with E-state index in [9.17, 15) is 25.2 Å². The molecule has 30 heavy (non-hydrogen) atoms. The highest BCUT2D eigenvalue weighted by atomic mass is 32.1. The molecule has 152 valence electrons. The fraction of sp³-hybridized carbons (Fsp3) is 0.0870. The molecule has 0 spiro atoms. The highest BCUT2D eigenvalue weighted by Crippen LogP contribution is 2.40. The lowest BCUT2D eigenvalue weighted by Gasteiger charge is -2.06. The van der Waals surface area contributed by atoms with E-state index >= 15 is 0 Å². The van der Waals surface area contributed by atoms with E-state index in [1.165, 1.54) is 0 Å². The molecule has 0 aliphatic carbocycles. The molecule has 0 saturated carbocycles. The highest BCUT2D eigenvalue weighted by Gasteiger charge is 2.27. The summed E-state index contributed by atoms with van der Waals surface area (Å²) >= 11 is 2.29. The summed E-state index contributed by atoms with van der Waals surface area (Å²) in [5.74, 6) is -0.472. The van der Waals surface area contributed by atoms with E-state index in [0.717, 1.165) is 33.8 Å². The fourth-order valence-electron chi connectivity index (χ4n) is 3.14. The van der Waals surface area contributed by atoms with Crippen molar-refractivity contribution >= 4 is 28.5 Å². The maximum absolute atomic E-state index is 13.4. The van der Waals surface area contributed by atoms with E-state index in [1.54, 1.807) is 12.1 Å². The number of carbonyl (C=O) groups excluding carboxylic acids is 1. The number of carbonyl (C=O) groups is 1. The minimum Gasteiger partial charge on any atom is -0.364 e. The molecular formula is C23H18O5S2. The lowest BCUT2D eigenvalue weighted by atomic mass is 10.1. The molecule has 4 rings (SSSR count). The summed E-state index contributed by atoms with van der Waals surface area (Å²) < 4.78 is 0. The van der Waals surface area contributed by atoms with Crippen LogP contribution in [0.25, 0.3) is 20.9 Å². The van der Waals surface area contributed by atoms with E-state index in [4.69, 9.17) is 0 Å². The van der Waals surface area contributed by atoms with Crippen molar-refractivity contribution in [1.82, 2.24) is 0 Å². The van der Waals surface area contributed by atoms with Gasteiger partial charge >= 0.3 is 0 Å². The van der Waals surface area contributed by atoms with Gasteiger partial charge in [0.15, 0.2) is 12.6 Å². The molecule has 0 amide bonds. The Labute approximate surface area is 180 Å². The van der Waals surface area contributed by atoms with Crippen molar-refractivity contribution in [2.75, 3.05) is 0 Å². The molecule has 0 radical (unpaired) electrons. The van der Waals surface area contributed by atoms with Crippen molar-refractivity contribution in [3.8, 4) is 20.9 Å². The molecule has 0 aliphatic rings. The number of hydrogen-bond donors (Lipinski definition) is 4. The van der Waals surface area contributed by atoms with E-state index in [0.29, 0.717) is 9.75 Å². The van der Waals surface area contributed by atoms with E-state index < -0.39 is 18.4 Å². The van der Waals surface area contributed by atoms with Crippen LogP contribution in [0.5, 0.6) is 0 Å². The van der Waals surface area contributed by atoms with Gasteiger partial charge in [0.25, 0.3) is 0 Å². The predicted molar refractivity (Wildman–Crippen MR) is 117 cm³/mol. The van der Waals surface area contributed by atoms with Gasteiger partial charge in [0.1, 0.15) is 0 Å². The van der Waals surface area contributed by atoms with Gasteiger partial charge in [-0.2, -0.15) is 0 Å². The molecule has 2 aromatic carbocycles. The first kappa shape index (κ1) is 20.6. The summed E-state index contributed by atoms with van der Waals surface area (Å²) in [6, 6.07) is 21.8. The number of ketones is 1. The third-order valence-electron chi connectivity index (χ3n) is 4.61. The number of aliphatic hydroxyl groups is 4. The average Bonchev–Trinajstić information content (AvgIpc) is 3.40. The second kappa shape index (κ2) is 8.61. The number of benzene rings is 2. The topological polar surface area (TPSA) is 98.0 Å². The third-order valence-corrected chi connectivity index (χ3v) is 7.00. The zero-order valence-electron chi connectivity index (χ0n) is 15.6. The van der Waals surface area contributed by atoms with Crippen LogP contribution in [-0.2, 0) is 0 Å². The van der Waals surface area contributed by atoms with Crippen molar-refractivity contribution in [2.45, 2.75) is 12.6 Å². The average molecular weight is 439 g/mol. The Balaban J connectivity index is 1.81. The van der Waals surface area contributed by atoms with Gasteiger partial charge in [-0.15, -0.1) is 22.7 Å². The second-order valence-electron chi connectivity index (χ2n) is 6.60. The van der Waals surface area contributed by atoms with Crippen molar-refractivity contribution in [3.63, 3.8) is 0 Å². The second-order valence-corrected chi connectivity index (χ2v) is 8.70. The largest absolute Gasteiger partial charge is 0.364 e. The Bertz CT molecular complexity index is 1070. The number of hydrogen-bond acceptors (Lipinski definition) is 7. The Morgan fingerprint density at radius 1 is 0.633 bits per heavy atom. The van der Waals surface area contributed by atoms with Crippen molar-refractivity contribution in [1.29, 1.82) is 0 Å². The molecule has 0 bridgehead atoms. The SMILES string of the molecule is O=C(c1sc(-c2ccccc2)cc1C(O)O)c1sc(-c2ccccc2)cc1C(O)O. The van der Waals surface area contributed by atoms with Gasteiger partial charge in [-0.1, -0.05) is 60.7 Å². The number of rotatable bonds is 6. The Hall–Kier alpha value is -2.65. The molecular weight excluding hydrogens is 420 g/mol. The molecule has 0 unspecified atom stereocenters. The summed E-state index contributed by atoms with van der Waals surface area (Å²) in [7, 11) is 0. The van der Waals surface area contributed by atoms with Gasteiger partial charge in [-0.25, -0.2) is 0 Å². The lowest BCUT2D eigenvalue weighted by molar-refractivity contribution is -0.0425. The standard InChI is InChI=1S/C23H18O5S2/c24-19(20-15(22(25)26)11-17(29-20)13-7-3-1-4-8-13)21-16(23(27)28)12-18(30-21)14-9-5-2-6-10-14/h1-12,22-23,25-28H. The monoisotopic (exact) mass is 438 g/mol. The van der Waals surface area contributed by atoms with E-state index in [2.05, 4.69) is 0 Å². The smallest absolute Gasteiger partial charge is 0.213 e. The third kappa shape index (κ3) is 3.99. The minimum atomic E-state index is -1.83. The van der Waals surface area contributed by atoms with Crippen LogP contribution in [-0.4, -0.2) is 26.2 Å². The lowest BCUT2D eigenvalue weighted by Crippen LogP contribution is -2.07. The van der Waals surface area contributed by atoms with Crippen LogP contribution in [0.2, 0.25) is 0 Å². The number of aliphatic hydroxyl groups excluding tert-OH is 2. The molecule has 2 aromatic heterocycles. The zero-order chi connectivity index (χ0) is 21.3. The van der Waals surface area contributed by atoms with Crippen molar-refractivity contribution < 1.29 is 25.2 Å². The summed E-state index contributed by atoms with van der Waals surface area (Å²) in [5, 5.41) is 39.3. The van der Waals surface area contributed by atoms with Gasteiger partial charge in [0.2, 0.25) is 5.78 Å². The Morgan fingerprint density at radius 3 is 1.33 bits per heavy atom. The summed E-state index contributed by atoms with van der Waals surface area (Å²) in [5.41, 5.74) is 1.89. The van der Waals surface area contributed by atoms with Crippen LogP contribution in [0.3, 0.4) is 0 Å². The summed E-state index contributed by atoms with van der Waals surface area (Å²) in [6.45, 7) is 0. The first-order valence-corrected chi connectivity index (χ1v) is 10.7. The predicted octanol–water partition coefficient (Wildman–Crippen LogP) is 4.34. The van der Waals surface area contributed by atoms with Gasteiger partial charge in [0, 0.05) is 20.9 Å². The van der Waals surface area contributed by atoms with E-state index in [-0.39, 0.29) is 20.9 Å². The fourth-order valence-corrected chi connectivity index (χ4v) is 5.48. The summed E-state index contributed by atoms with van der Waals surface area (Å²) in [4.78, 5) is 15.1. The maximum atomic E-state index is 13.4. The molecule has 4 N–H and O–H groups in total. The number of thiophene rings is 2. The minimum absolute atomic E-state index is 0.0943. The molecule has 0 saturated heterocycles. The quantitative estimate of drug-likeness (QED) is 0.265. The zero-order valence-corrected chi connectivity index (χ0v) is 17.2. The molecule has 2 heterocycles. The Kier molecular flexibility index (Phi) is 5.92.